The average molecular weight is 404 g/mol. The Hall–Kier alpha value is -2.81. The second-order valence-corrected chi connectivity index (χ2v) is 8.53. The van der Waals surface area contributed by atoms with Crippen LogP contribution in [0.15, 0.2) is 18.5 Å². The molecule has 0 saturated heterocycles. The maximum Gasteiger partial charge on any atom is 0.342 e. The van der Waals surface area contributed by atoms with Gasteiger partial charge >= 0.3 is 5.97 Å². The predicted molar refractivity (Wildman–Crippen MR) is 107 cm³/mol. The second-order valence-electron chi connectivity index (χ2n) is 7.30. The Labute approximate surface area is 167 Å². The highest BCUT2D eigenvalue weighted by atomic mass is 32.1. The molecule has 0 aliphatic heterocycles. The summed E-state index contributed by atoms with van der Waals surface area (Å²) < 4.78 is 5.32. The number of thiophene rings is 1. The van der Waals surface area contributed by atoms with Crippen LogP contribution in [0.25, 0.3) is 0 Å². The van der Waals surface area contributed by atoms with Crippen molar-refractivity contribution in [1.29, 1.82) is 0 Å². The fraction of sp³-hybridized carbons (Fsp3) is 0.421. The van der Waals surface area contributed by atoms with Crippen LogP contribution >= 0.6 is 11.3 Å². The monoisotopic (exact) mass is 404 g/mol. The number of hydrogen-bond acceptors (Lipinski definition) is 7. The largest absolute Gasteiger partial charge is 0.449 e. The zero-order chi connectivity index (χ0) is 21.1. The minimum absolute atomic E-state index is 0.121. The highest BCUT2D eigenvalue weighted by Gasteiger charge is 2.28. The molecule has 2 amide bonds. The Bertz CT molecular complexity index is 887. The molecule has 0 spiro atoms. The van der Waals surface area contributed by atoms with Gasteiger partial charge in [-0.05, 0) is 32.4 Å². The van der Waals surface area contributed by atoms with Gasteiger partial charge in [0.25, 0.3) is 5.91 Å². The normalized spacial score (nSPS) is 12.2. The quantitative estimate of drug-likeness (QED) is 0.740. The molecule has 0 aliphatic rings. The zero-order valence-electron chi connectivity index (χ0n) is 16.7. The Morgan fingerprint density at radius 1 is 1.11 bits per heavy atom. The van der Waals surface area contributed by atoms with Crippen molar-refractivity contribution in [2.45, 2.75) is 47.6 Å². The summed E-state index contributed by atoms with van der Waals surface area (Å²) >= 11 is 1.30. The fourth-order valence-electron chi connectivity index (χ4n) is 2.10. The molecule has 0 saturated carbocycles. The lowest BCUT2D eigenvalue weighted by Gasteiger charge is -2.18. The van der Waals surface area contributed by atoms with Gasteiger partial charge in [0.15, 0.2) is 6.10 Å². The molecule has 0 radical (unpaired) electrons. The number of rotatable bonds is 5. The molecule has 1 unspecified atom stereocenters. The molecular weight excluding hydrogens is 380 g/mol. The van der Waals surface area contributed by atoms with E-state index in [0.717, 1.165) is 4.88 Å². The number of anilines is 2. The summed E-state index contributed by atoms with van der Waals surface area (Å²) in [5, 5.41) is 5.69. The SMILES string of the molecule is Cc1sc(NC(=O)C(C)(C)C)c(C(=O)OC(C)C(=O)Nc2ncccn2)c1C. The number of esters is 1. The van der Waals surface area contributed by atoms with Gasteiger partial charge in [-0.15, -0.1) is 11.3 Å². The van der Waals surface area contributed by atoms with E-state index in [1.54, 1.807) is 33.8 Å². The lowest BCUT2D eigenvalue weighted by atomic mass is 9.96. The Morgan fingerprint density at radius 2 is 1.71 bits per heavy atom. The number of nitrogens with one attached hydrogen (secondary N) is 2. The molecule has 1 atom stereocenters. The van der Waals surface area contributed by atoms with Gasteiger partial charge in [-0.2, -0.15) is 0 Å². The molecule has 0 aromatic carbocycles. The third-order valence-electron chi connectivity index (χ3n) is 3.95. The van der Waals surface area contributed by atoms with Crippen LogP contribution in [0.1, 0.15) is 48.5 Å². The van der Waals surface area contributed by atoms with Crippen molar-refractivity contribution in [3.8, 4) is 0 Å². The van der Waals surface area contributed by atoms with E-state index < -0.39 is 23.4 Å². The average Bonchev–Trinajstić information content (AvgIpc) is 2.88. The van der Waals surface area contributed by atoms with Crippen molar-refractivity contribution < 1.29 is 19.1 Å². The standard InChI is InChI=1S/C19H24N4O4S/c1-10-12(3)28-15(23-17(26)19(4,5)6)13(10)16(25)27-11(2)14(24)22-18-20-8-7-9-21-18/h7-9,11H,1-6H3,(H,23,26)(H,20,21,22,24). The van der Waals surface area contributed by atoms with Crippen LogP contribution in [0, 0.1) is 19.3 Å². The van der Waals surface area contributed by atoms with Gasteiger partial charge in [0.05, 0.1) is 5.56 Å². The number of carbonyl (C=O) groups excluding carboxylic acids is 3. The number of ether oxygens (including phenoxy) is 1. The van der Waals surface area contributed by atoms with Crippen molar-refractivity contribution in [1.82, 2.24) is 9.97 Å². The van der Waals surface area contributed by atoms with Crippen LogP contribution in [0.2, 0.25) is 0 Å². The van der Waals surface area contributed by atoms with Crippen LogP contribution in [0.3, 0.4) is 0 Å². The van der Waals surface area contributed by atoms with Crippen molar-refractivity contribution in [3.63, 3.8) is 0 Å². The first-order chi connectivity index (χ1) is 13.0. The van der Waals surface area contributed by atoms with E-state index in [1.165, 1.54) is 30.7 Å². The third kappa shape index (κ3) is 5.13. The highest BCUT2D eigenvalue weighted by molar-refractivity contribution is 7.16. The topological polar surface area (TPSA) is 110 Å². The van der Waals surface area contributed by atoms with Gasteiger partial charge in [0.1, 0.15) is 5.00 Å². The van der Waals surface area contributed by atoms with E-state index in [4.69, 9.17) is 4.74 Å². The molecule has 2 N–H and O–H groups in total. The molecular formula is C19H24N4O4S. The minimum atomic E-state index is -1.07. The molecule has 2 aromatic heterocycles. The molecule has 9 heteroatoms. The van der Waals surface area contributed by atoms with Gasteiger partial charge in [0.2, 0.25) is 11.9 Å². The van der Waals surface area contributed by atoms with Crippen molar-refractivity contribution in [3.05, 3.63) is 34.5 Å². The van der Waals surface area contributed by atoms with Gasteiger partial charge < -0.3 is 10.1 Å². The molecule has 28 heavy (non-hydrogen) atoms. The first-order valence-corrected chi connectivity index (χ1v) is 9.52. The zero-order valence-corrected chi connectivity index (χ0v) is 17.6. The summed E-state index contributed by atoms with van der Waals surface area (Å²) in [5.74, 6) is -1.32. The summed E-state index contributed by atoms with van der Waals surface area (Å²) in [4.78, 5) is 45.9. The Kier molecular flexibility index (Phi) is 6.50. The van der Waals surface area contributed by atoms with Crippen LogP contribution in [0.5, 0.6) is 0 Å². The third-order valence-corrected chi connectivity index (χ3v) is 5.07. The van der Waals surface area contributed by atoms with Gasteiger partial charge in [-0.3, -0.25) is 14.9 Å². The maximum atomic E-state index is 12.7. The molecule has 0 fully saturated rings. The smallest absolute Gasteiger partial charge is 0.342 e. The number of aromatic nitrogens is 2. The van der Waals surface area contributed by atoms with Crippen LogP contribution < -0.4 is 10.6 Å². The molecule has 0 bridgehead atoms. The van der Waals surface area contributed by atoms with Gasteiger partial charge in [0, 0.05) is 22.7 Å². The van der Waals surface area contributed by atoms with Crippen molar-refractivity contribution >= 4 is 40.1 Å². The Morgan fingerprint density at radius 3 is 2.29 bits per heavy atom. The first kappa shape index (κ1) is 21.5. The van der Waals surface area contributed by atoms with E-state index in [2.05, 4.69) is 20.6 Å². The summed E-state index contributed by atoms with van der Waals surface area (Å²) in [7, 11) is 0. The number of aryl methyl sites for hydroxylation is 1. The molecule has 2 rings (SSSR count). The number of nitrogens with zero attached hydrogens (tertiary/aromatic N) is 2. The molecule has 2 aromatic rings. The fourth-order valence-corrected chi connectivity index (χ4v) is 3.14. The van der Waals surface area contributed by atoms with Gasteiger partial charge in [-0.25, -0.2) is 14.8 Å². The molecule has 150 valence electrons. The van der Waals surface area contributed by atoms with E-state index >= 15 is 0 Å². The van der Waals surface area contributed by atoms with E-state index in [9.17, 15) is 14.4 Å². The minimum Gasteiger partial charge on any atom is -0.449 e. The summed E-state index contributed by atoms with van der Waals surface area (Å²) in [5.41, 5.74) is 0.351. The van der Waals surface area contributed by atoms with E-state index in [0.29, 0.717) is 10.6 Å². The van der Waals surface area contributed by atoms with E-state index in [1.807, 2.05) is 6.92 Å². The molecule has 0 aliphatic carbocycles. The summed E-state index contributed by atoms with van der Waals surface area (Å²) in [6, 6.07) is 1.62. The van der Waals surface area contributed by atoms with E-state index in [-0.39, 0.29) is 17.4 Å². The van der Waals surface area contributed by atoms with Crippen LogP contribution in [0.4, 0.5) is 10.9 Å². The lowest BCUT2D eigenvalue weighted by Crippen LogP contribution is -2.31. The first-order valence-electron chi connectivity index (χ1n) is 8.71. The molecule has 2 heterocycles. The molecule has 8 nitrogen and oxygen atoms in total. The van der Waals surface area contributed by atoms with Crippen LogP contribution in [-0.4, -0.2) is 33.9 Å². The van der Waals surface area contributed by atoms with Gasteiger partial charge in [-0.1, -0.05) is 20.8 Å². The summed E-state index contributed by atoms with van der Waals surface area (Å²) in [6.45, 7) is 10.4. The number of amides is 2. The maximum absolute atomic E-state index is 12.7. The van der Waals surface area contributed by atoms with Crippen molar-refractivity contribution in [2.75, 3.05) is 10.6 Å². The predicted octanol–water partition coefficient (Wildman–Crippen LogP) is 3.32. The lowest BCUT2D eigenvalue weighted by molar-refractivity contribution is -0.124. The number of hydrogen-bond donors (Lipinski definition) is 2. The highest BCUT2D eigenvalue weighted by Crippen LogP contribution is 2.34. The second kappa shape index (κ2) is 8.47. The number of carbonyl (C=O) groups is 3. The summed E-state index contributed by atoms with van der Waals surface area (Å²) in [6.07, 6.45) is 1.91. The Balaban J connectivity index is 2.15. The van der Waals surface area contributed by atoms with Crippen LogP contribution in [-0.2, 0) is 14.3 Å². The van der Waals surface area contributed by atoms with Crippen molar-refractivity contribution in [2.24, 2.45) is 5.41 Å².